The minimum atomic E-state index is -0.0639. The van der Waals surface area contributed by atoms with E-state index >= 15 is 0 Å². The molecule has 0 bridgehead atoms. The van der Waals surface area contributed by atoms with Crippen LogP contribution in [0.1, 0.15) is 38.5 Å². The van der Waals surface area contributed by atoms with Crippen LogP contribution in [0.4, 0.5) is 0 Å². The van der Waals surface area contributed by atoms with Crippen LogP contribution in [0, 0.1) is 17.8 Å². The Hall–Kier alpha value is -0.0800. The molecule has 0 aliphatic heterocycles. The molecule has 4 atom stereocenters. The second-order valence-corrected chi connectivity index (χ2v) is 5.61. The van der Waals surface area contributed by atoms with E-state index in [1.165, 1.54) is 32.1 Å². The van der Waals surface area contributed by atoms with Gasteiger partial charge in [0.15, 0.2) is 0 Å². The normalized spacial score (nSPS) is 50.8. The van der Waals surface area contributed by atoms with E-state index in [1.54, 1.807) is 0 Å². The summed E-state index contributed by atoms with van der Waals surface area (Å²) in [4.78, 5) is 0. The molecule has 0 aromatic rings. The van der Waals surface area contributed by atoms with Gasteiger partial charge in [0.2, 0.25) is 0 Å². The summed E-state index contributed by atoms with van der Waals surface area (Å²) in [6, 6.07) is 0.409. The summed E-state index contributed by atoms with van der Waals surface area (Å²) in [7, 11) is 0. The minimum absolute atomic E-state index is 0.0639. The van der Waals surface area contributed by atoms with Crippen LogP contribution >= 0.6 is 0 Å². The summed E-state index contributed by atoms with van der Waals surface area (Å²) < 4.78 is 0. The van der Waals surface area contributed by atoms with Crippen LogP contribution in [0.25, 0.3) is 0 Å². The predicted octanol–water partition coefficient (Wildman–Crippen LogP) is 1.54. The Morgan fingerprint density at radius 1 is 1.07 bits per heavy atom. The second kappa shape index (κ2) is 3.49. The third-order valence-electron chi connectivity index (χ3n) is 4.49. The first kappa shape index (κ1) is 9.17. The van der Waals surface area contributed by atoms with Gasteiger partial charge in [-0.1, -0.05) is 0 Å². The molecule has 0 radical (unpaired) electrons. The summed E-state index contributed by atoms with van der Waals surface area (Å²) in [5.74, 6) is 3.11. The molecule has 0 amide bonds. The highest BCUT2D eigenvalue weighted by atomic mass is 16.3. The zero-order chi connectivity index (χ0) is 9.54. The maximum atomic E-state index is 9.66. The van der Waals surface area contributed by atoms with Gasteiger partial charge >= 0.3 is 0 Å². The molecule has 2 nitrogen and oxygen atoms in total. The highest BCUT2D eigenvalue weighted by Crippen LogP contribution is 2.54. The van der Waals surface area contributed by atoms with E-state index in [9.17, 15) is 5.11 Å². The average Bonchev–Trinajstić information content (AvgIpc) is 2.61. The van der Waals surface area contributed by atoms with Crippen molar-refractivity contribution in [1.82, 2.24) is 5.32 Å². The monoisotopic (exact) mass is 195 g/mol. The molecule has 3 aliphatic rings. The Labute approximate surface area is 86.1 Å². The van der Waals surface area contributed by atoms with Crippen molar-refractivity contribution in [3.05, 3.63) is 0 Å². The second-order valence-electron chi connectivity index (χ2n) is 5.61. The Morgan fingerprint density at radius 3 is 2.50 bits per heavy atom. The molecule has 2 heteroatoms. The van der Waals surface area contributed by atoms with Crippen molar-refractivity contribution in [1.29, 1.82) is 0 Å². The van der Waals surface area contributed by atoms with Gasteiger partial charge in [0.25, 0.3) is 0 Å². The molecule has 14 heavy (non-hydrogen) atoms. The molecule has 2 N–H and O–H groups in total. The molecule has 80 valence electrons. The van der Waals surface area contributed by atoms with E-state index in [1.807, 2.05) is 0 Å². The molecule has 3 saturated carbocycles. The van der Waals surface area contributed by atoms with Crippen LogP contribution in [-0.2, 0) is 0 Å². The van der Waals surface area contributed by atoms with Crippen LogP contribution < -0.4 is 5.32 Å². The fourth-order valence-electron chi connectivity index (χ4n) is 3.50. The van der Waals surface area contributed by atoms with Crippen LogP contribution in [0.3, 0.4) is 0 Å². The Kier molecular flexibility index (Phi) is 2.29. The van der Waals surface area contributed by atoms with Gasteiger partial charge in [-0.3, -0.25) is 0 Å². The maximum Gasteiger partial charge on any atom is 0.0693 e. The average molecular weight is 195 g/mol. The number of nitrogens with one attached hydrogen (secondary N) is 1. The Balaban J connectivity index is 1.41. The first-order valence-electron chi connectivity index (χ1n) is 6.24. The topological polar surface area (TPSA) is 32.3 Å². The van der Waals surface area contributed by atoms with Gasteiger partial charge in [0, 0.05) is 6.04 Å². The van der Waals surface area contributed by atoms with E-state index in [4.69, 9.17) is 0 Å². The van der Waals surface area contributed by atoms with E-state index < -0.39 is 0 Å². The van der Waals surface area contributed by atoms with Gasteiger partial charge in [-0.05, 0) is 62.8 Å². The van der Waals surface area contributed by atoms with Crippen molar-refractivity contribution in [3.8, 4) is 0 Å². The zero-order valence-electron chi connectivity index (χ0n) is 8.78. The number of rotatable bonds is 3. The number of aliphatic hydroxyl groups is 1. The first-order valence-corrected chi connectivity index (χ1v) is 6.24. The van der Waals surface area contributed by atoms with Crippen molar-refractivity contribution in [3.63, 3.8) is 0 Å². The molecule has 0 aromatic heterocycles. The standard InChI is InChI=1S/C12H21NO/c14-12-3-1-2-11(12)13-7-8-4-9-6-10(9)5-8/h8-14H,1-7H2/t8?,9?,10?,11-,12-/m0/s1. The summed E-state index contributed by atoms with van der Waals surface area (Å²) in [6.07, 6.45) is 7.76. The first-order chi connectivity index (χ1) is 6.83. The van der Waals surface area contributed by atoms with Gasteiger partial charge < -0.3 is 10.4 Å². The lowest BCUT2D eigenvalue weighted by Gasteiger charge is -2.20. The van der Waals surface area contributed by atoms with Gasteiger partial charge in [-0.15, -0.1) is 0 Å². The fourth-order valence-corrected chi connectivity index (χ4v) is 3.50. The lowest BCUT2D eigenvalue weighted by atomic mass is 10.0. The molecular weight excluding hydrogens is 174 g/mol. The van der Waals surface area contributed by atoms with Crippen molar-refractivity contribution in [2.24, 2.45) is 17.8 Å². The van der Waals surface area contributed by atoms with Crippen molar-refractivity contribution in [2.75, 3.05) is 6.54 Å². The molecule has 0 heterocycles. The van der Waals surface area contributed by atoms with Crippen molar-refractivity contribution >= 4 is 0 Å². The number of hydrogen-bond donors (Lipinski definition) is 2. The quantitative estimate of drug-likeness (QED) is 0.716. The highest BCUT2D eigenvalue weighted by Gasteiger charge is 2.45. The van der Waals surface area contributed by atoms with Gasteiger partial charge in [0.05, 0.1) is 6.10 Å². The van der Waals surface area contributed by atoms with Crippen LogP contribution in [-0.4, -0.2) is 23.8 Å². The minimum Gasteiger partial charge on any atom is -0.392 e. The summed E-state index contributed by atoms with van der Waals surface area (Å²) >= 11 is 0. The number of aliphatic hydroxyl groups excluding tert-OH is 1. The predicted molar refractivity (Wildman–Crippen MR) is 56.0 cm³/mol. The Bertz CT molecular complexity index is 208. The third-order valence-corrected chi connectivity index (χ3v) is 4.49. The molecule has 0 spiro atoms. The molecule has 3 rings (SSSR count). The molecule has 0 aromatic carbocycles. The van der Waals surface area contributed by atoms with Crippen molar-refractivity contribution in [2.45, 2.75) is 50.7 Å². The summed E-state index contributed by atoms with van der Waals surface area (Å²) in [6.45, 7) is 1.16. The fraction of sp³-hybridized carbons (Fsp3) is 1.00. The zero-order valence-corrected chi connectivity index (χ0v) is 8.78. The molecule has 2 unspecified atom stereocenters. The third kappa shape index (κ3) is 1.70. The van der Waals surface area contributed by atoms with Crippen molar-refractivity contribution < 1.29 is 5.11 Å². The van der Waals surface area contributed by atoms with Crippen LogP contribution in [0.5, 0.6) is 0 Å². The molecule has 0 saturated heterocycles. The molecule has 3 aliphatic carbocycles. The lowest BCUT2D eigenvalue weighted by Crippen LogP contribution is -2.38. The van der Waals surface area contributed by atoms with Gasteiger partial charge in [-0.25, -0.2) is 0 Å². The molecular formula is C12H21NO. The van der Waals surface area contributed by atoms with E-state index in [-0.39, 0.29) is 6.10 Å². The number of hydrogen-bond acceptors (Lipinski definition) is 2. The Morgan fingerprint density at radius 2 is 1.86 bits per heavy atom. The lowest BCUT2D eigenvalue weighted by molar-refractivity contribution is 0.146. The van der Waals surface area contributed by atoms with E-state index in [0.717, 1.165) is 30.7 Å². The van der Waals surface area contributed by atoms with Gasteiger partial charge in [-0.2, -0.15) is 0 Å². The highest BCUT2D eigenvalue weighted by molar-refractivity contribution is 4.97. The summed E-state index contributed by atoms with van der Waals surface area (Å²) in [5, 5.41) is 13.2. The number of fused-ring (bicyclic) bond motifs is 1. The maximum absolute atomic E-state index is 9.66. The smallest absolute Gasteiger partial charge is 0.0693 e. The van der Waals surface area contributed by atoms with Crippen LogP contribution in [0.15, 0.2) is 0 Å². The van der Waals surface area contributed by atoms with E-state index in [2.05, 4.69) is 5.32 Å². The van der Waals surface area contributed by atoms with E-state index in [0.29, 0.717) is 6.04 Å². The SMILES string of the molecule is O[C@H]1CCC[C@@H]1NCC1CC2CC2C1. The largest absolute Gasteiger partial charge is 0.392 e. The van der Waals surface area contributed by atoms with Crippen LogP contribution in [0.2, 0.25) is 0 Å². The van der Waals surface area contributed by atoms with Gasteiger partial charge in [0.1, 0.15) is 0 Å². The summed E-state index contributed by atoms with van der Waals surface area (Å²) in [5.41, 5.74) is 0. The molecule has 3 fully saturated rings.